The van der Waals surface area contributed by atoms with Gasteiger partial charge in [-0.2, -0.15) is 5.10 Å². The highest BCUT2D eigenvalue weighted by Crippen LogP contribution is 2.22. The monoisotopic (exact) mass is 368 g/mol. The summed E-state index contributed by atoms with van der Waals surface area (Å²) in [5.74, 6) is -0.232. The van der Waals surface area contributed by atoms with Gasteiger partial charge in [0, 0.05) is 50.3 Å². The van der Waals surface area contributed by atoms with Crippen LogP contribution in [0.15, 0.2) is 48.7 Å². The average molecular weight is 368 g/mol. The standard InChI is InChI=1S/C20H21FN4O2/c1-24(2)19(26)8-5-12-25-13-11-18(23-25)22-20(27)16-9-10-17(21)15-7-4-3-6-14(15)16/h3-4,6-7,9-11,13H,5,8,12H2,1-2H3,(H,22,23,27). The Morgan fingerprint density at radius 3 is 2.59 bits per heavy atom. The molecule has 0 unspecified atom stereocenters. The van der Waals surface area contributed by atoms with E-state index in [0.29, 0.717) is 41.5 Å². The highest BCUT2D eigenvalue weighted by molar-refractivity contribution is 6.12. The quantitative estimate of drug-likeness (QED) is 0.726. The minimum Gasteiger partial charge on any atom is -0.349 e. The third-order valence-corrected chi connectivity index (χ3v) is 4.27. The van der Waals surface area contributed by atoms with Crippen LogP contribution < -0.4 is 5.32 Å². The van der Waals surface area contributed by atoms with Gasteiger partial charge in [0.1, 0.15) is 5.82 Å². The first-order chi connectivity index (χ1) is 13.0. The Morgan fingerprint density at radius 2 is 1.85 bits per heavy atom. The van der Waals surface area contributed by atoms with Crippen LogP contribution in [0.3, 0.4) is 0 Å². The molecule has 3 aromatic rings. The number of carbonyl (C=O) groups excluding carboxylic acids is 2. The maximum absolute atomic E-state index is 13.9. The highest BCUT2D eigenvalue weighted by atomic mass is 19.1. The molecule has 3 rings (SSSR count). The molecule has 27 heavy (non-hydrogen) atoms. The van der Waals surface area contributed by atoms with Gasteiger partial charge in [-0.3, -0.25) is 14.3 Å². The zero-order chi connectivity index (χ0) is 19.4. The van der Waals surface area contributed by atoms with Crippen molar-refractivity contribution in [3.8, 4) is 0 Å². The summed E-state index contributed by atoms with van der Waals surface area (Å²) in [4.78, 5) is 25.7. The van der Waals surface area contributed by atoms with Crippen LogP contribution in [0.2, 0.25) is 0 Å². The topological polar surface area (TPSA) is 67.2 Å². The van der Waals surface area contributed by atoms with Crippen LogP contribution in [0.5, 0.6) is 0 Å². The Morgan fingerprint density at radius 1 is 1.11 bits per heavy atom. The number of hydrogen-bond donors (Lipinski definition) is 1. The van der Waals surface area contributed by atoms with Crippen molar-refractivity contribution < 1.29 is 14.0 Å². The normalized spacial score (nSPS) is 10.8. The number of halogens is 1. The largest absolute Gasteiger partial charge is 0.349 e. The molecule has 1 N–H and O–H groups in total. The molecule has 0 atom stereocenters. The fourth-order valence-corrected chi connectivity index (χ4v) is 2.81. The second-order valence-corrected chi connectivity index (χ2v) is 6.45. The zero-order valence-electron chi connectivity index (χ0n) is 15.3. The van der Waals surface area contributed by atoms with E-state index >= 15 is 0 Å². The highest BCUT2D eigenvalue weighted by Gasteiger charge is 2.13. The molecular weight excluding hydrogens is 347 g/mol. The molecule has 140 valence electrons. The van der Waals surface area contributed by atoms with Gasteiger partial charge >= 0.3 is 0 Å². The van der Waals surface area contributed by atoms with Crippen molar-refractivity contribution in [2.24, 2.45) is 0 Å². The number of anilines is 1. The summed E-state index contributed by atoms with van der Waals surface area (Å²) in [6.07, 6.45) is 2.85. The first-order valence-corrected chi connectivity index (χ1v) is 8.68. The van der Waals surface area contributed by atoms with Crippen LogP contribution in [-0.2, 0) is 11.3 Å². The van der Waals surface area contributed by atoms with Crippen molar-refractivity contribution in [1.29, 1.82) is 0 Å². The number of aryl methyl sites for hydroxylation is 1. The third-order valence-electron chi connectivity index (χ3n) is 4.27. The second-order valence-electron chi connectivity index (χ2n) is 6.45. The Balaban J connectivity index is 1.67. The number of carbonyl (C=O) groups is 2. The molecule has 1 heterocycles. The lowest BCUT2D eigenvalue weighted by Crippen LogP contribution is -2.21. The molecule has 0 aliphatic rings. The van der Waals surface area contributed by atoms with E-state index in [-0.39, 0.29) is 17.6 Å². The van der Waals surface area contributed by atoms with Gasteiger partial charge in [-0.25, -0.2) is 4.39 Å². The van der Waals surface area contributed by atoms with E-state index in [9.17, 15) is 14.0 Å². The van der Waals surface area contributed by atoms with E-state index in [0.717, 1.165) is 0 Å². The molecule has 1 aromatic heterocycles. The molecule has 7 heteroatoms. The lowest BCUT2D eigenvalue weighted by Gasteiger charge is -2.09. The number of nitrogens with zero attached hydrogens (tertiary/aromatic N) is 3. The summed E-state index contributed by atoms with van der Waals surface area (Å²) < 4.78 is 15.6. The van der Waals surface area contributed by atoms with Crippen molar-refractivity contribution in [2.45, 2.75) is 19.4 Å². The van der Waals surface area contributed by atoms with Crippen molar-refractivity contribution in [3.63, 3.8) is 0 Å². The van der Waals surface area contributed by atoms with Gasteiger partial charge in [-0.05, 0) is 23.9 Å². The summed E-state index contributed by atoms with van der Waals surface area (Å²) in [5, 5.41) is 8.00. The van der Waals surface area contributed by atoms with Crippen LogP contribution in [-0.4, -0.2) is 40.6 Å². The molecule has 0 saturated heterocycles. The van der Waals surface area contributed by atoms with Gasteiger partial charge in [0.15, 0.2) is 5.82 Å². The molecule has 6 nitrogen and oxygen atoms in total. The molecule has 0 saturated carbocycles. The number of nitrogens with one attached hydrogen (secondary N) is 1. The average Bonchev–Trinajstić information content (AvgIpc) is 3.09. The molecule has 0 spiro atoms. The molecule has 2 amide bonds. The molecule has 0 bridgehead atoms. The van der Waals surface area contributed by atoms with Gasteiger partial charge in [-0.15, -0.1) is 0 Å². The SMILES string of the molecule is CN(C)C(=O)CCCn1ccc(NC(=O)c2ccc(F)c3ccccc23)n1. The molecule has 0 aliphatic heterocycles. The Bertz CT molecular complexity index is 981. The van der Waals surface area contributed by atoms with Crippen LogP contribution in [0, 0.1) is 5.82 Å². The summed E-state index contributed by atoms with van der Waals surface area (Å²) in [7, 11) is 3.45. The molecule has 0 radical (unpaired) electrons. The fraction of sp³-hybridized carbons (Fsp3) is 0.250. The first-order valence-electron chi connectivity index (χ1n) is 8.68. The summed E-state index contributed by atoms with van der Waals surface area (Å²) in [6, 6.07) is 11.3. The van der Waals surface area contributed by atoms with Crippen LogP contribution in [0.1, 0.15) is 23.2 Å². The van der Waals surface area contributed by atoms with Gasteiger partial charge in [0.05, 0.1) is 0 Å². The zero-order valence-corrected chi connectivity index (χ0v) is 15.3. The molecule has 0 fully saturated rings. The van der Waals surface area contributed by atoms with E-state index in [2.05, 4.69) is 10.4 Å². The van der Waals surface area contributed by atoms with Crippen LogP contribution in [0.25, 0.3) is 10.8 Å². The maximum atomic E-state index is 13.9. The van der Waals surface area contributed by atoms with E-state index in [4.69, 9.17) is 0 Å². The van der Waals surface area contributed by atoms with E-state index in [1.54, 1.807) is 60.2 Å². The number of rotatable bonds is 6. The Labute approximate surface area is 156 Å². The lowest BCUT2D eigenvalue weighted by atomic mass is 10.0. The van der Waals surface area contributed by atoms with Crippen molar-refractivity contribution in [1.82, 2.24) is 14.7 Å². The van der Waals surface area contributed by atoms with Crippen LogP contribution in [0.4, 0.5) is 10.2 Å². The first kappa shape index (κ1) is 18.6. The molecule has 0 aliphatic carbocycles. The number of hydrogen-bond acceptors (Lipinski definition) is 3. The summed E-state index contributed by atoms with van der Waals surface area (Å²) in [5.41, 5.74) is 0.387. The van der Waals surface area contributed by atoms with E-state index in [1.165, 1.54) is 12.1 Å². The van der Waals surface area contributed by atoms with Crippen molar-refractivity contribution >= 4 is 28.4 Å². The lowest BCUT2D eigenvalue weighted by molar-refractivity contribution is -0.128. The minimum atomic E-state index is -0.362. The van der Waals surface area contributed by atoms with E-state index in [1.807, 2.05) is 0 Å². The third kappa shape index (κ3) is 4.31. The predicted octanol–water partition coefficient (Wildman–Crippen LogP) is 3.30. The second kappa shape index (κ2) is 7.99. The van der Waals surface area contributed by atoms with Gasteiger partial charge in [-0.1, -0.05) is 24.3 Å². The number of benzene rings is 2. The smallest absolute Gasteiger partial charge is 0.257 e. The summed E-state index contributed by atoms with van der Waals surface area (Å²) in [6.45, 7) is 0.578. The summed E-state index contributed by atoms with van der Waals surface area (Å²) >= 11 is 0. The van der Waals surface area contributed by atoms with E-state index < -0.39 is 0 Å². The fourth-order valence-electron chi connectivity index (χ4n) is 2.81. The minimum absolute atomic E-state index is 0.0684. The number of amides is 2. The van der Waals surface area contributed by atoms with Gasteiger partial charge < -0.3 is 10.2 Å². The van der Waals surface area contributed by atoms with Crippen LogP contribution >= 0.6 is 0 Å². The van der Waals surface area contributed by atoms with Gasteiger partial charge in [0.25, 0.3) is 5.91 Å². The Hall–Kier alpha value is -3.22. The van der Waals surface area contributed by atoms with Crippen molar-refractivity contribution in [2.75, 3.05) is 19.4 Å². The molecule has 2 aromatic carbocycles. The van der Waals surface area contributed by atoms with Crippen molar-refractivity contribution in [3.05, 3.63) is 60.0 Å². The molecular formula is C20H21FN4O2. The number of fused-ring (bicyclic) bond motifs is 1. The Kier molecular flexibility index (Phi) is 5.49. The predicted molar refractivity (Wildman–Crippen MR) is 102 cm³/mol. The van der Waals surface area contributed by atoms with Gasteiger partial charge in [0.2, 0.25) is 5.91 Å². The number of aromatic nitrogens is 2. The maximum Gasteiger partial charge on any atom is 0.257 e.